The van der Waals surface area contributed by atoms with Gasteiger partial charge in [0.05, 0.1) is 0 Å². The molecule has 0 bridgehead atoms. The van der Waals surface area contributed by atoms with E-state index >= 15 is 0 Å². The fourth-order valence-electron chi connectivity index (χ4n) is 1.73. The Labute approximate surface area is 109 Å². The van der Waals surface area contributed by atoms with Crippen LogP contribution in [0.3, 0.4) is 0 Å². The minimum atomic E-state index is 0.394. The summed E-state index contributed by atoms with van der Waals surface area (Å²) in [4.78, 5) is 1.31. The van der Waals surface area contributed by atoms with Gasteiger partial charge in [-0.2, -0.15) is 0 Å². The van der Waals surface area contributed by atoms with Crippen LogP contribution in [0, 0.1) is 5.92 Å². The first-order valence-corrected chi connectivity index (χ1v) is 7.26. The Morgan fingerprint density at radius 1 is 1.24 bits per heavy atom. The number of hydrogen-bond acceptors (Lipinski definition) is 3. The van der Waals surface area contributed by atoms with E-state index in [1.807, 2.05) is 0 Å². The van der Waals surface area contributed by atoms with Crippen molar-refractivity contribution in [2.45, 2.75) is 24.8 Å². The molecule has 0 saturated carbocycles. The van der Waals surface area contributed by atoms with Crippen molar-refractivity contribution in [3.8, 4) is 0 Å². The van der Waals surface area contributed by atoms with E-state index in [2.05, 4.69) is 49.7 Å². The summed E-state index contributed by atoms with van der Waals surface area (Å²) in [7, 11) is 1.75. The second kappa shape index (κ2) is 7.75. The van der Waals surface area contributed by atoms with Gasteiger partial charge >= 0.3 is 0 Å². The van der Waals surface area contributed by atoms with Gasteiger partial charge in [-0.1, -0.05) is 19.1 Å². The first-order valence-electron chi connectivity index (χ1n) is 6.03. The predicted molar refractivity (Wildman–Crippen MR) is 75.7 cm³/mol. The Bertz CT molecular complexity index is 313. The van der Waals surface area contributed by atoms with Crippen molar-refractivity contribution >= 4 is 11.8 Å². The zero-order chi connectivity index (χ0) is 12.7. The van der Waals surface area contributed by atoms with Crippen LogP contribution in [0.4, 0.5) is 0 Å². The summed E-state index contributed by atoms with van der Waals surface area (Å²) in [6.07, 6.45) is 2.10. The van der Waals surface area contributed by atoms with Crippen LogP contribution in [0.15, 0.2) is 29.2 Å². The van der Waals surface area contributed by atoms with Crippen LogP contribution >= 0.6 is 11.8 Å². The molecular weight excluding hydrogens is 230 g/mol. The van der Waals surface area contributed by atoms with Gasteiger partial charge in [0.2, 0.25) is 0 Å². The fraction of sp³-hybridized carbons (Fsp3) is 0.571. The van der Waals surface area contributed by atoms with Crippen molar-refractivity contribution in [3.05, 3.63) is 29.8 Å². The molecule has 0 aliphatic heterocycles. The second-order valence-electron chi connectivity index (χ2n) is 4.46. The summed E-state index contributed by atoms with van der Waals surface area (Å²) in [6.45, 7) is 6.19. The van der Waals surface area contributed by atoms with Crippen molar-refractivity contribution in [3.63, 3.8) is 0 Å². The lowest BCUT2D eigenvalue weighted by Crippen LogP contribution is -2.26. The topological polar surface area (TPSA) is 21.3 Å². The fourth-order valence-corrected chi connectivity index (χ4v) is 2.14. The molecule has 1 N–H and O–H groups in total. The molecule has 0 spiro atoms. The van der Waals surface area contributed by atoms with Gasteiger partial charge in [0.1, 0.15) is 0 Å². The van der Waals surface area contributed by atoms with E-state index in [0.29, 0.717) is 12.0 Å². The lowest BCUT2D eigenvalue weighted by Gasteiger charge is -2.17. The normalized spacial score (nSPS) is 14.6. The van der Waals surface area contributed by atoms with Crippen LogP contribution in [-0.4, -0.2) is 26.5 Å². The number of hydrogen-bond donors (Lipinski definition) is 1. The molecule has 0 radical (unpaired) electrons. The highest BCUT2D eigenvalue weighted by atomic mass is 32.2. The maximum Gasteiger partial charge on any atom is 0.0499 e. The van der Waals surface area contributed by atoms with Crippen molar-refractivity contribution < 1.29 is 4.74 Å². The summed E-state index contributed by atoms with van der Waals surface area (Å²) in [5.74, 6) is 0.549. The molecule has 1 aromatic rings. The molecule has 96 valence electrons. The molecule has 0 aromatic heterocycles. The minimum absolute atomic E-state index is 0.394. The number of ether oxygens (including phenoxy) is 1. The summed E-state index contributed by atoms with van der Waals surface area (Å²) in [5.41, 5.74) is 1.34. The van der Waals surface area contributed by atoms with Gasteiger partial charge < -0.3 is 10.1 Å². The average molecular weight is 253 g/mol. The number of rotatable bonds is 7. The number of benzene rings is 1. The van der Waals surface area contributed by atoms with E-state index in [4.69, 9.17) is 4.74 Å². The molecule has 0 heterocycles. The van der Waals surface area contributed by atoms with E-state index in [1.54, 1.807) is 18.9 Å². The zero-order valence-electron chi connectivity index (χ0n) is 11.2. The smallest absolute Gasteiger partial charge is 0.0499 e. The predicted octanol–water partition coefficient (Wildman–Crippen LogP) is 3.34. The van der Waals surface area contributed by atoms with Crippen LogP contribution in [0.5, 0.6) is 0 Å². The molecule has 0 aliphatic carbocycles. The van der Waals surface area contributed by atoms with Gasteiger partial charge in [0.25, 0.3) is 0 Å². The summed E-state index contributed by atoms with van der Waals surface area (Å²) in [5, 5.41) is 3.53. The molecule has 2 nitrogen and oxygen atoms in total. The monoisotopic (exact) mass is 253 g/mol. The van der Waals surface area contributed by atoms with Crippen LogP contribution in [-0.2, 0) is 4.74 Å². The van der Waals surface area contributed by atoms with Gasteiger partial charge in [0, 0.05) is 31.2 Å². The van der Waals surface area contributed by atoms with Crippen LogP contribution in [0.2, 0.25) is 0 Å². The highest BCUT2D eigenvalue weighted by Crippen LogP contribution is 2.18. The Morgan fingerprint density at radius 2 is 1.88 bits per heavy atom. The summed E-state index contributed by atoms with van der Waals surface area (Å²) >= 11 is 1.78. The van der Waals surface area contributed by atoms with E-state index in [-0.39, 0.29) is 0 Å². The van der Waals surface area contributed by atoms with Gasteiger partial charge in [-0.3, -0.25) is 0 Å². The molecule has 2 unspecified atom stereocenters. The van der Waals surface area contributed by atoms with E-state index in [9.17, 15) is 0 Å². The maximum atomic E-state index is 5.13. The SMILES string of the molecule is COCC(C)CNC(C)c1ccc(SC)cc1. The van der Waals surface area contributed by atoms with Crippen molar-refractivity contribution in [2.75, 3.05) is 26.5 Å². The molecule has 0 fully saturated rings. The van der Waals surface area contributed by atoms with E-state index in [0.717, 1.165) is 13.2 Å². The molecule has 2 atom stereocenters. The lowest BCUT2D eigenvalue weighted by atomic mass is 10.1. The number of nitrogens with one attached hydrogen (secondary N) is 1. The van der Waals surface area contributed by atoms with E-state index in [1.165, 1.54) is 10.5 Å². The lowest BCUT2D eigenvalue weighted by molar-refractivity contribution is 0.157. The van der Waals surface area contributed by atoms with Crippen LogP contribution in [0.1, 0.15) is 25.5 Å². The largest absolute Gasteiger partial charge is 0.384 e. The second-order valence-corrected chi connectivity index (χ2v) is 5.34. The molecule has 3 heteroatoms. The maximum absolute atomic E-state index is 5.13. The van der Waals surface area contributed by atoms with Crippen molar-refractivity contribution in [2.24, 2.45) is 5.92 Å². The third-order valence-electron chi connectivity index (χ3n) is 2.84. The Kier molecular flexibility index (Phi) is 6.63. The van der Waals surface area contributed by atoms with E-state index < -0.39 is 0 Å². The molecule has 0 amide bonds. The quantitative estimate of drug-likeness (QED) is 0.753. The summed E-state index contributed by atoms with van der Waals surface area (Å²) < 4.78 is 5.13. The standard InChI is InChI=1S/C14H23NOS/c1-11(10-16-3)9-15-12(2)13-5-7-14(17-4)8-6-13/h5-8,11-12,15H,9-10H2,1-4H3. The zero-order valence-corrected chi connectivity index (χ0v) is 12.0. The van der Waals surface area contributed by atoms with Gasteiger partial charge in [-0.05, 0) is 36.8 Å². The highest BCUT2D eigenvalue weighted by molar-refractivity contribution is 7.98. The average Bonchev–Trinajstić information content (AvgIpc) is 2.36. The van der Waals surface area contributed by atoms with Gasteiger partial charge in [-0.15, -0.1) is 11.8 Å². The third-order valence-corrected chi connectivity index (χ3v) is 3.58. The van der Waals surface area contributed by atoms with Gasteiger partial charge in [0.15, 0.2) is 0 Å². The van der Waals surface area contributed by atoms with Crippen molar-refractivity contribution in [1.82, 2.24) is 5.32 Å². The minimum Gasteiger partial charge on any atom is -0.384 e. The Hall–Kier alpha value is -0.510. The first-order chi connectivity index (χ1) is 8.17. The van der Waals surface area contributed by atoms with Gasteiger partial charge in [-0.25, -0.2) is 0 Å². The number of methoxy groups -OCH3 is 1. The third kappa shape index (κ3) is 5.11. The molecule has 0 saturated heterocycles. The first kappa shape index (κ1) is 14.6. The van der Waals surface area contributed by atoms with Crippen LogP contribution < -0.4 is 5.32 Å². The Balaban J connectivity index is 2.43. The Morgan fingerprint density at radius 3 is 2.41 bits per heavy atom. The molecule has 1 rings (SSSR count). The molecular formula is C14H23NOS. The van der Waals surface area contributed by atoms with Crippen LogP contribution in [0.25, 0.3) is 0 Å². The summed E-state index contributed by atoms with van der Waals surface area (Å²) in [6, 6.07) is 9.15. The highest BCUT2D eigenvalue weighted by Gasteiger charge is 2.07. The van der Waals surface area contributed by atoms with Crippen molar-refractivity contribution in [1.29, 1.82) is 0 Å². The molecule has 17 heavy (non-hydrogen) atoms. The molecule has 1 aromatic carbocycles. The number of thioether (sulfide) groups is 1. The molecule has 0 aliphatic rings.